The van der Waals surface area contributed by atoms with Crippen LogP contribution in [0.25, 0.3) is 94.6 Å². The number of pyridine rings is 3. The van der Waals surface area contributed by atoms with Gasteiger partial charge in [0.25, 0.3) is 0 Å². The van der Waals surface area contributed by atoms with Gasteiger partial charge in [0.2, 0.25) is 5.71 Å². The number of aromatic nitrogens is 5. The number of fused-ring (bicyclic) bond motifs is 6. The van der Waals surface area contributed by atoms with Crippen LogP contribution in [-0.2, 0) is 20.1 Å². The second kappa shape index (κ2) is 19.0. The predicted octanol–water partition coefficient (Wildman–Crippen LogP) is 14.8. The molecular formula is C59H51GeIrN5O-2. The van der Waals surface area contributed by atoms with Gasteiger partial charge < -0.3 is 8.98 Å². The Morgan fingerprint density at radius 2 is 1.28 bits per heavy atom. The number of furan rings is 1. The van der Waals surface area contributed by atoms with Crippen molar-refractivity contribution in [2.45, 2.75) is 50.9 Å². The number of hydrogen-bond donors (Lipinski definition) is 0. The van der Waals surface area contributed by atoms with Crippen molar-refractivity contribution in [2.24, 2.45) is 5.92 Å². The summed E-state index contributed by atoms with van der Waals surface area (Å²) in [4.78, 5) is 19.9. The standard InChI is InChI=1S/C45H35N4O.C14H16GeN.Ir/c1-27(2)29(4)38-24-23-35-34-19-12-20-37(43(34)50-45(35)48-38)44-47-40-26-25-39-36(22-21-28(3)46-39)42(40)49(44)41-32(30-13-7-5-8-14-30)17-11-18-33(41)31-15-9-6-10-16-31;1-15(2,3)13-9-10-14(16-11-13)12-7-5-4-6-8-12;/h5-19,21-27,29H,1-4H3;4-7,9-11H,1-3H3;/q2*-1;. The van der Waals surface area contributed by atoms with Gasteiger partial charge in [-0.15, -0.1) is 18.2 Å². The van der Waals surface area contributed by atoms with Crippen LogP contribution in [0.4, 0.5) is 0 Å². The number of aryl methyl sites for hydroxylation is 1. The molecule has 5 heterocycles. The first-order valence-electron chi connectivity index (χ1n) is 22.7. The average molecular weight is 1110 g/mol. The zero-order valence-corrected chi connectivity index (χ0v) is 43.3. The van der Waals surface area contributed by atoms with E-state index < -0.39 is 13.3 Å². The van der Waals surface area contributed by atoms with E-state index in [9.17, 15) is 0 Å². The van der Waals surface area contributed by atoms with Gasteiger partial charge in [0.05, 0.1) is 33.6 Å². The van der Waals surface area contributed by atoms with E-state index in [0.29, 0.717) is 17.5 Å². The molecule has 0 bridgehead atoms. The number of hydrogen-bond acceptors (Lipinski definition) is 5. The maximum Gasteiger partial charge on any atom is 0 e. The Labute approximate surface area is 408 Å². The first-order chi connectivity index (χ1) is 32.0. The molecule has 333 valence electrons. The Morgan fingerprint density at radius 3 is 1.93 bits per heavy atom. The topological polar surface area (TPSA) is 69.6 Å². The fourth-order valence-corrected chi connectivity index (χ4v) is 10.9. The molecule has 6 nitrogen and oxygen atoms in total. The maximum absolute atomic E-state index is 6.72. The Hall–Kier alpha value is -6.51. The van der Waals surface area contributed by atoms with Crippen molar-refractivity contribution < 1.29 is 24.5 Å². The zero-order chi connectivity index (χ0) is 45.5. The van der Waals surface area contributed by atoms with E-state index in [4.69, 9.17) is 19.4 Å². The Balaban J connectivity index is 0.000000281. The summed E-state index contributed by atoms with van der Waals surface area (Å²) in [6.45, 7) is 8.70. The van der Waals surface area contributed by atoms with Crippen molar-refractivity contribution in [1.82, 2.24) is 24.5 Å². The summed E-state index contributed by atoms with van der Waals surface area (Å²) in [5.74, 6) is 8.65. The van der Waals surface area contributed by atoms with Crippen LogP contribution in [0.3, 0.4) is 0 Å². The largest absolute Gasteiger partial charge is 0 e. The van der Waals surface area contributed by atoms with Gasteiger partial charge in [-0.05, 0) is 60.4 Å². The SMILES string of the molecule is Cc1ccc2c(ccc3nc(-c4[c-]ccc5c4oc4nc(C(C)C(C)C)ccc45)n(-c4c(-c5ccccc5)cccc4-c4ccccc4)c32)n1.[CH3][Ge]([CH3])([CH3])[c]1ccc(-c2[c-]cccc2)nc1.[Ir]. The molecule has 11 aromatic rings. The van der Waals surface area contributed by atoms with Crippen LogP contribution in [0.15, 0.2) is 174 Å². The minimum atomic E-state index is -1.72. The van der Waals surface area contributed by atoms with Crippen molar-refractivity contribution in [3.8, 4) is 50.6 Å². The predicted molar refractivity (Wildman–Crippen MR) is 276 cm³/mol. The average Bonchev–Trinajstić information content (AvgIpc) is 3.93. The molecule has 0 saturated carbocycles. The summed E-state index contributed by atoms with van der Waals surface area (Å²) < 4.78 is 10.5. The molecule has 67 heavy (non-hydrogen) atoms. The minimum absolute atomic E-state index is 0. The van der Waals surface area contributed by atoms with Gasteiger partial charge in [-0.2, -0.15) is 0 Å². The fourth-order valence-electron chi connectivity index (χ4n) is 8.69. The number of nitrogens with zero attached hydrogens (tertiary/aromatic N) is 5. The first kappa shape index (κ1) is 45.6. The molecule has 0 aliphatic carbocycles. The molecular weight excluding hydrogens is 1060 g/mol. The Morgan fingerprint density at radius 1 is 0.597 bits per heavy atom. The summed E-state index contributed by atoms with van der Waals surface area (Å²) in [7, 11) is 0. The quantitative estimate of drug-likeness (QED) is 0.112. The van der Waals surface area contributed by atoms with Crippen LogP contribution in [0, 0.1) is 25.0 Å². The van der Waals surface area contributed by atoms with E-state index in [2.05, 4.69) is 193 Å². The number of benzene rings is 6. The van der Waals surface area contributed by atoms with Crippen LogP contribution in [-0.4, -0.2) is 37.8 Å². The van der Waals surface area contributed by atoms with E-state index in [0.717, 1.165) is 100 Å². The Kier molecular flexibility index (Phi) is 12.9. The van der Waals surface area contributed by atoms with Crippen molar-refractivity contribution >= 4 is 61.7 Å². The summed E-state index contributed by atoms with van der Waals surface area (Å²) in [6, 6.07) is 63.5. The fraction of sp³-hybridized carbons (Fsp3) is 0.153. The summed E-state index contributed by atoms with van der Waals surface area (Å²) >= 11 is -1.72. The second-order valence-corrected chi connectivity index (χ2v) is 29.1. The van der Waals surface area contributed by atoms with Crippen molar-refractivity contribution in [1.29, 1.82) is 0 Å². The molecule has 1 radical (unpaired) electrons. The van der Waals surface area contributed by atoms with Gasteiger partial charge in [0, 0.05) is 59.3 Å². The maximum atomic E-state index is 6.72. The molecule has 0 spiro atoms. The van der Waals surface area contributed by atoms with Gasteiger partial charge in [0.15, 0.2) is 0 Å². The molecule has 0 fully saturated rings. The van der Waals surface area contributed by atoms with Gasteiger partial charge in [0.1, 0.15) is 0 Å². The molecule has 0 aliphatic heterocycles. The van der Waals surface area contributed by atoms with E-state index in [1.165, 1.54) is 4.40 Å². The van der Waals surface area contributed by atoms with Crippen LogP contribution in [0.5, 0.6) is 0 Å². The zero-order valence-electron chi connectivity index (χ0n) is 38.8. The minimum Gasteiger partial charge on any atom is 0 e. The van der Waals surface area contributed by atoms with Crippen LogP contribution >= 0.6 is 0 Å². The third-order valence-electron chi connectivity index (χ3n) is 12.7. The number of para-hydroxylation sites is 1. The van der Waals surface area contributed by atoms with E-state index in [1.54, 1.807) is 0 Å². The molecule has 8 heteroatoms. The molecule has 1 unspecified atom stereocenters. The van der Waals surface area contributed by atoms with Gasteiger partial charge in [-0.3, -0.25) is 9.97 Å². The molecule has 0 saturated heterocycles. The summed E-state index contributed by atoms with van der Waals surface area (Å²) in [6.07, 6.45) is 2.04. The van der Waals surface area contributed by atoms with E-state index in [-0.39, 0.29) is 20.1 Å². The van der Waals surface area contributed by atoms with Crippen LogP contribution < -0.4 is 4.40 Å². The Bertz CT molecular complexity index is 3450. The van der Waals surface area contributed by atoms with Crippen LogP contribution in [0.2, 0.25) is 17.3 Å². The molecule has 1 atom stereocenters. The normalized spacial score (nSPS) is 12.1. The third-order valence-corrected chi connectivity index (χ3v) is 16.9. The third kappa shape index (κ3) is 8.92. The monoisotopic (exact) mass is 1110 g/mol. The molecule has 11 rings (SSSR count). The number of rotatable bonds is 8. The van der Waals surface area contributed by atoms with Crippen LogP contribution in [0.1, 0.15) is 38.1 Å². The molecule has 0 N–H and O–H groups in total. The van der Waals surface area contributed by atoms with Gasteiger partial charge in [-0.25, -0.2) is 4.98 Å². The number of imidazole rings is 1. The molecule has 0 aliphatic rings. The van der Waals surface area contributed by atoms with Crippen molar-refractivity contribution in [3.63, 3.8) is 0 Å². The van der Waals surface area contributed by atoms with E-state index in [1.807, 2.05) is 43.5 Å². The molecule has 5 aromatic heterocycles. The van der Waals surface area contributed by atoms with Gasteiger partial charge in [-0.1, -0.05) is 111 Å². The van der Waals surface area contributed by atoms with Crippen molar-refractivity contribution in [3.05, 3.63) is 194 Å². The summed E-state index contributed by atoms with van der Waals surface area (Å²) in [5.41, 5.74) is 14.4. The molecule has 6 aromatic carbocycles. The van der Waals surface area contributed by atoms with E-state index >= 15 is 0 Å². The first-order valence-corrected chi connectivity index (χ1v) is 30.1. The van der Waals surface area contributed by atoms with Crippen molar-refractivity contribution in [2.75, 3.05) is 0 Å². The second-order valence-electron chi connectivity index (χ2n) is 18.4. The smallest absolute Gasteiger partial charge is 0 e. The van der Waals surface area contributed by atoms with Gasteiger partial charge >= 0.3 is 99.8 Å². The summed E-state index contributed by atoms with van der Waals surface area (Å²) in [5, 5.41) is 3.00. The molecule has 0 amide bonds.